The summed E-state index contributed by atoms with van der Waals surface area (Å²) < 4.78 is 11.1. The summed E-state index contributed by atoms with van der Waals surface area (Å²) in [5.41, 5.74) is 0.877. The monoisotopic (exact) mass is 276 g/mol. The molecular formula is C17H24O3. The van der Waals surface area contributed by atoms with Crippen molar-refractivity contribution in [2.75, 3.05) is 7.11 Å². The molecule has 0 radical (unpaired) electrons. The molecule has 1 atom stereocenters. The Balaban J connectivity index is 2.17. The van der Waals surface area contributed by atoms with Crippen LogP contribution in [0.1, 0.15) is 57.4 Å². The van der Waals surface area contributed by atoms with Crippen LogP contribution in [0.4, 0.5) is 0 Å². The second kappa shape index (κ2) is 6.29. The van der Waals surface area contributed by atoms with Gasteiger partial charge in [-0.25, -0.2) is 0 Å². The van der Waals surface area contributed by atoms with Crippen molar-refractivity contribution in [3.63, 3.8) is 0 Å². The Morgan fingerprint density at radius 2 is 2.05 bits per heavy atom. The zero-order chi connectivity index (χ0) is 14.6. The molecule has 0 amide bonds. The second-order valence-electron chi connectivity index (χ2n) is 5.74. The van der Waals surface area contributed by atoms with Gasteiger partial charge in [-0.15, -0.1) is 0 Å². The quantitative estimate of drug-likeness (QED) is 0.735. The molecule has 1 aromatic carbocycles. The van der Waals surface area contributed by atoms with Gasteiger partial charge in [0.1, 0.15) is 11.4 Å². The Morgan fingerprint density at radius 3 is 2.60 bits per heavy atom. The standard InChI is InChI=1S/C17H24O3/c1-4-13(2)14-8-5-6-9-15(14)20-17(10-7-11-17)12-16(18)19-3/h5-6,8-9,13H,4,7,10-12H2,1-3H3. The summed E-state index contributed by atoms with van der Waals surface area (Å²) in [4.78, 5) is 11.6. The van der Waals surface area contributed by atoms with E-state index in [1.807, 2.05) is 18.2 Å². The third kappa shape index (κ3) is 3.14. The molecule has 2 rings (SSSR count). The minimum absolute atomic E-state index is 0.189. The first kappa shape index (κ1) is 14.9. The van der Waals surface area contributed by atoms with Crippen LogP contribution in [0.25, 0.3) is 0 Å². The molecule has 1 aliphatic carbocycles. The highest BCUT2D eigenvalue weighted by Gasteiger charge is 2.42. The Labute approximate surface area is 121 Å². The van der Waals surface area contributed by atoms with E-state index in [1.165, 1.54) is 12.7 Å². The zero-order valence-corrected chi connectivity index (χ0v) is 12.6. The van der Waals surface area contributed by atoms with E-state index in [-0.39, 0.29) is 11.6 Å². The highest BCUT2D eigenvalue weighted by atomic mass is 16.5. The van der Waals surface area contributed by atoms with Crippen molar-refractivity contribution in [3.8, 4) is 5.75 Å². The molecule has 1 aromatic rings. The van der Waals surface area contributed by atoms with E-state index in [1.54, 1.807) is 0 Å². The molecule has 3 nitrogen and oxygen atoms in total. The van der Waals surface area contributed by atoms with Gasteiger partial charge in [0.05, 0.1) is 13.5 Å². The lowest BCUT2D eigenvalue weighted by Gasteiger charge is -2.41. The van der Waals surface area contributed by atoms with Gasteiger partial charge in [0.2, 0.25) is 0 Å². The SMILES string of the molecule is CCC(C)c1ccccc1OC1(CC(=O)OC)CCC1. The van der Waals surface area contributed by atoms with Crippen LogP contribution in [-0.4, -0.2) is 18.7 Å². The van der Waals surface area contributed by atoms with Gasteiger partial charge in [-0.3, -0.25) is 4.79 Å². The van der Waals surface area contributed by atoms with Gasteiger partial charge in [0, 0.05) is 0 Å². The van der Waals surface area contributed by atoms with E-state index in [0.29, 0.717) is 12.3 Å². The molecule has 0 heterocycles. The molecule has 0 N–H and O–H groups in total. The molecule has 0 bridgehead atoms. The minimum Gasteiger partial charge on any atom is -0.486 e. The van der Waals surface area contributed by atoms with E-state index in [4.69, 9.17) is 9.47 Å². The van der Waals surface area contributed by atoms with Crippen LogP contribution in [0, 0.1) is 0 Å². The van der Waals surface area contributed by atoms with Crippen LogP contribution in [0.3, 0.4) is 0 Å². The van der Waals surface area contributed by atoms with E-state index >= 15 is 0 Å². The number of benzene rings is 1. The molecule has 1 saturated carbocycles. The third-order valence-corrected chi connectivity index (χ3v) is 4.35. The molecule has 0 saturated heterocycles. The van der Waals surface area contributed by atoms with Gasteiger partial charge in [0.25, 0.3) is 0 Å². The molecule has 3 heteroatoms. The minimum atomic E-state index is -0.351. The summed E-state index contributed by atoms with van der Waals surface area (Å²) >= 11 is 0. The first-order valence-corrected chi connectivity index (χ1v) is 7.45. The lowest BCUT2D eigenvalue weighted by Crippen LogP contribution is -2.45. The van der Waals surface area contributed by atoms with Gasteiger partial charge in [-0.1, -0.05) is 32.0 Å². The van der Waals surface area contributed by atoms with Crippen molar-refractivity contribution in [2.24, 2.45) is 0 Å². The van der Waals surface area contributed by atoms with Crippen LogP contribution in [0.15, 0.2) is 24.3 Å². The molecule has 1 unspecified atom stereocenters. The first-order valence-electron chi connectivity index (χ1n) is 7.45. The molecule has 1 fully saturated rings. The molecule has 20 heavy (non-hydrogen) atoms. The summed E-state index contributed by atoms with van der Waals surface area (Å²) in [6.45, 7) is 4.38. The summed E-state index contributed by atoms with van der Waals surface area (Å²) in [5, 5.41) is 0. The normalized spacial score (nSPS) is 17.9. The maximum atomic E-state index is 11.6. The lowest BCUT2D eigenvalue weighted by atomic mass is 9.77. The Bertz CT molecular complexity index is 463. The largest absolute Gasteiger partial charge is 0.486 e. The fraction of sp³-hybridized carbons (Fsp3) is 0.588. The van der Waals surface area contributed by atoms with Crippen LogP contribution in [0.5, 0.6) is 5.75 Å². The van der Waals surface area contributed by atoms with Crippen molar-refractivity contribution in [3.05, 3.63) is 29.8 Å². The highest BCUT2D eigenvalue weighted by Crippen LogP contribution is 2.41. The van der Waals surface area contributed by atoms with Gasteiger partial charge in [0.15, 0.2) is 0 Å². The van der Waals surface area contributed by atoms with Crippen LogP contribution in [0.2, 0.25) is 0 Å². The van der Waals surface area contributed by atoms with Gasteiger partial charge >= 0.3 is 5.97 Å². The van der Waals surface area contributed by atoms with Gasteiger partial charge in [-0.05, 0) is 43.2 Å². The lowest BCUT2D eigenvalue weighted by molar-refractivity contribution is -0.148. The van der Waals surface area contributed by atoms with E-state index in [9.17, 15) is 4.79 Å². The van der Waals surface area contributed by atoms with E-state index in [2.05, 4.69) is 19.9 Å². The van der Waals surface area contributed by atoms with Crippen molar-refractivity contribution >= 4 is 5.97 Å². The second-order valence-corrected chi connectivity index (χ2v) is 5.74. The number of hydrogen-bond acceptors (Lipinski definition) is 3. The van der Waals surface area contributed by atoms with Crippen molar-refractivity contribution in [2.45, 2.75) is 57.5 Å². The zero-order valence-electron chi connectivity index (χ0n) is 12.6. The summed E-state index contributed by atoms with van der Waals surface area (Å²) in [6, 6.07) is 8.17. The van der Waals surface area contributed by atoms with E-state index < -0.39 is 0 Å². The van der Waals surface area contributed by atoms with Crippen LogP contribution in [-0.2, 0) is 9.53 Å². The maximum Gasteiger partial charge on any atom is 0.309 e. The molecule has 110 valence electrons. The number of ether oxygens (including phenoxy) is 2. The topological polar surface area (TPSA) is 35.5 Å². The number of methoxy groups -OCH3 is 1. The Kier molecular flexibility index (Phi) is 4.69. The number of esters is 1. The third-order valence-electron chi connectivity index (χ3n) is 4.35. The number of carbonyl (C=O) groups is 1. The predicted molar refractivity (Wildman–Crippen MR) is 79.0 cm³/mol. The van der Waals surface area contributed by atoms with Crippen LogP contribution < -0.4 is 4.74 Å². The van der Waals surface area contributed by atoms with E-state index in [0.717, 1.165) is 31.4 Å². The smallest absolute Gasteiger partial charge is 0.309 e. The summed E-state index contributed by atoms with van der Waals surface area (Å²) in [7, 11) is 1.43. The molecule has 0 aliphatic heterocycles. The summed E-state index contributed by atoms with van der Waals surface area (Å²) in [5.74, 6) is 1.19. The number of hydrogen-bond donors (Lipinski definition) is 0. The highest BCUT2D eigenvalue weighted by molar-refractivity contribution is 5.70. The van der Waals surface area contributed by atoms with Crippen molar-refractivity contribution in [1.82, 2.24) is 0 Å². The number of para-hydroxylation sites is 1. The number of rotatable bonds is 6. The Hall–Kier alpha value is -1.51. The molecular weight excluding hydrogens is 252 g/mol. The van der Waals surface area contributed by atoms with Gasteiger partial charge in [-0.2, -0.15) is 0 Å². The molecule has 1 aliphatic rings. The molecule has 0 aromatic heterocycles. The first-order chi connectivity index (χ1) is 9.60. The fourth-order valence-electron chi connectivity index (χ4n) is 2.66. The predicted octanol–water partition coefficient (Wildman–Crippen LogP) is 4.06. The Morgan fingerprint density at radius 1 is 1.35 bits per heavy atom. The van der Waals surface area contributed by atoms with Crippen molar-refractivity contribution < 1.29 is 14.3 Å². The average Bonchev–Trinajstić information content (AvgIpc) is 2.44. The maximum absolute atomic E-state index is 11.6. The van der Waals surface area contributed by atoms with Crippen molar-refractivity contribution in [1.29, 1.82) is 0 Å². The van der Waals surface area contributed by atoms with Gasteiger partial charge < -0.3 is 9.47 Å². The van der Waals surface area contributed by atoms with Crippen LogP contribution >= 0.6 is 0 Å². The average molecular weight is 276 g/mol. The summed E-state index contributed by atoms with van der Waals surface area (Å²) in [6.07, 6.45) is 4.39. The fourth-order valence-corrected chi connectivity index (χ4v) is 2.66. The molecule has 0 spiro atoms. The number of carbonyl (C=O) groups excluding carboxylic acids is 1.